The molecule has 3 atom stereocenters. The molecule has 2 aliphatic heterocycles. The number of fused-ring (bicyclic) bond motifs is 3. The second kappa shape index (κ2) is 5.73. The number of benzene rings is 1. The molecule has 0 spiro atoms. The Kier molecular flexibility index (Phi) is 3.76. The van der Waals surface area contributed by atoms with Crippen molar-refractivity contribution in [3.8, 4) is 0 Å². The summed E-state index contributed by atoms with van der Waals surface area (Å²) in [5, 5.41) is 3.70. The van der Waals surface area contributed by atoms with Gasteiger partial charge in [-0.2, -0.15) is 0 Å². The summed E-state index contributed by atoms with van der Waals surface area (Å²) in [6.07, 6.45) is 9.60. The molecule has 0 aromatic heterocycles. The van der Waals surface area contributed by atoms with Crippen LogP contribution in [-0.4, -0.2) is 29.6 Å². The van der Waals surface area contributed by atoms with Gasteiger partial charge in [0.2, 0.25) is 0 Å². The van der Waals surface area contributed by atoms with E-state index in [1.807, 2.05) is 0 Å². The van der Waals surface area contributed by atoms with E-state index in [2.05, 4.69) is 41.4 Å². The van der Waals surface area contributed by atoms with E-state index in [0.717, 1.165) is 24.7 Å². The molecule has 0 radical (unpaired) electrons. The lowest BCUT2D eigenvalue weighted by Crippen LogP contribution is -2.50. The monoisotopic (exact) mass is 284 g/mol. The van der Waals surface area contributed by atoms with Gasteiger partial charge in [-0.05, 0) is 62.6 Å². The van der Waals surface area contributed by atoms with E-state index in [9.17, 15) is 0 Å². The Morgan fingerprint density at radius 1 is 1.10 bits per heavy atom. The zero-order chi connectivity index (χ0) is 14.2. The van der Waals surface area contributed by atoms with Crippen molar-refractivity contribution in [1.29, 1.82) is 0 Å². The van der Waals surface area contributed by atoms with Crippen molar-refractivity contribution >= 4 is 0 Å². The van der Waals surface area contributed by atoms with E-state index >= 15 is 0 Å². The van der Waals surface area contributed by atoms with Crippen molar-refractivity contribution in [3.05, 3.63) is 35.4 Å². The molecular weight excluding hydrogens is 256 g/mol. The van der Waals surface area contributed by atoms with E-state index in [0.29, 0.717) is 6.04 Å². The van der Waals surface area contributed by atoms with Crippen molar-refractivity contribution in [2.45, 2.75) is 76.0 Å². The highest BCUT2D eigenvalue weighted by atomic mass is 15.3. The molecule has 1 aromatic rings. The van der Waals surface area contributed by atoms with E-state index in [4.69, 9.17) is 0 Å². The van der Waals surface area contributed by atoms with E-state index < -0.39 is 0 Å². The highest BCUT2D eigenvalue weighted by Gasteiger charge is 2.44. The van der Waals surface area contributed by atoms with Crippen LogP contribution in [0, 0.1) is 0 Å². The standard InChI is InChI=1S/C19H28N2/c1-2-20-15-12-16-10-11-17(13-15)21(16)19-9-5-7-14-6-3-4-8-18(14)19/h3-4,6,8,15-17,19-20H,2,5,7,9-13H2,1H3. The van der Waals surface area contributed by atoms with Crippen molar-refractivity contribution in [3.63, 3.8) is 0 Å². The predicted molar refractivity (Wildman–Crippen MR) is 87.5 cm³/mol. The molecule has 21 heavy (non-hydrogen) atoms. The quantitative estimate of drug-likeness (QED) is 0.911. The van der Waals surface area contributed by atoms with Crippen LogP contribution in [0.1, 0.15) is 62.6 Å². The second-order valence-electron chi connectivity index (χ2n) is 7.17. The van der Waals surface area contributed by atoms with Crippen LogP contribution in [0.4, 0.5) is 0 Å². The summed E-state index contributed by atoms with van der Waals surface area (Å²) in [6.45, 7) is 3.36. The number of aryl methyl sites for hydroxylation is 1. The lowest BCUT2D eigenvalue weighted by Gasteiger charge is -2.45. The lowest BCUT2D eigenvalue weighted by atomic mass is 9.84. The topological polar surface area (TPSA) is 15.3 Å². The van der Waals surface area contributed by atoms with Crippen molar-refractivity contribution < 1.29 is 0 Å². The van der Waals surface area contributed by atoms with Gasteiger partial charge in [0.25, 0.3) is 0 Å². The number of nitrogens with one attached hydrogen (secondary N) is 1. The van der Waals surface area contributed by atoms with Gasteiger partial charge < -0.3 is 5.32 Å². The summed E-state index contributed by atoms with van der Waals surface area (Å²) >= 11 is 0. The average molecular weight is 284 g/mol. The molecule has 2 heteroatoms. The van der Waals surface area contributed by atoms with Crippen molar-refractivity contribution in [1.82, 2.24) is 10.2 Å². The van der Waals surface area contributed by atoms with Gasteiger partial charge >= 0.3 is 0 Å². The molecule has 1 aliphatic carbocycles. The van der Waals surface area contributed by atoms with Crippen LogP contribution < -0.4 is 5.32 Å². The predicted octanol–water partition coefficient (Wildman–Crippen LogP) is 3.67. The largest absolute Gasteiger partial charge is 0.314 e. The first-order chi connectivity index (χ1) is 10.4. The Labute approximate surface area is 128 Å². The van der Waals surface area contributed by atoms with Crippen molar-refractivity contribution in [2.75, 3.05) is 6.54 Å². The highest BCUT2D eigenvalue weighted by Crippen LogP contribution is 2.45. The molecule has 4 rings (SSSR count). The summed E-state index contributed by atoms with van der Waals surface area (Å²) in [5.74, 6) is 0. The summed E-state index contributed by atoms with van der Waals surface area (Å²) < 4.78 is 0. The highest BCUT2D eigenvalue weighted by molar-refractivity contribution is 5.33. The van der Waals surface area contributed by atoms with Gasteiger partial charge in [-0.15, -0.1) is 0 Å². The van der Waals surface area contributed by atoms with E-state index in [1.54, 1.807) is 11.1 Å². The van der Waals surface area contributed by atoms with Gasteiger partial charge in [0.1, 0.15) is 0 Å². The molecule has 3 aliphatic rings. The molecule has 0 saturated carbocycles. The Morgan fingerprint density at radius 3 is 2.62 bits per heavy atom. The zero-order valence-electron chi connectivity index (χ0n) is 13.2. The molecule has 2 bridgehead atoms. The number of piperidine rings is 1. The number of nitrogens with zero attached hydrogens (tertiary/aromatic N) is 1. The number of hydrogen-bond donors (Lipinski definition) is 1. The minimum atomic E-state index is 0.704. The maximum Gasteiger partial charge on any atom is 0.0356 e. The van der Waals surface area contributed by atoms with Crippen LogP contribution in [0.25, 0.3) is 0 Å². The average Bonchev–Trinajstić information content (AvgIpc) is 2.78. The molecule has 0 amide bonds. The van der Waals surface area contributed by atoms with Crippen molar-refractivity contribution in [2.24, 2.45) is 0 Å². The Bertz CT molecular complexity index is 484. The molecule has 2 saturated heterocycles. The molecule has 114 valence electrons. The molecule has 2 heterocycles. The Balaban J connectivity index is 1.58. The third-order valence-corrected chi connectivity index (χ3v) is 5.98. The van der Waals surface area contributed by atoms with Crippen LogP contribution in [0.5, 0.6) is 0 Å². The van der Waals surface area contributed by atoms with Gasteiger partial charge in [-0.3, -0.25) is 4.90 Å². The SMILES string of the molecule is CCNC1CC2CCC(C1)N2C1CCCc2ccccc21. The normalized spacial score (nSPS) is 35.7. The number of hydrogen-bond acceptors (Lipinski definition) is 2. The molecular formula is C19H28N2. The third kappa shape index (κ3) is 2.43. The summed E-state index contributed by atoms with van der Waals surface area (Å²) in [4.78, 5) is 2.92. The third-order valence-electron chi connectivity index (χ3n) is 5.98. The molecule has 1 aromatic carbocycles. The van der Waals surface area contributed by atoms with Gasteiger partial charge in [0, 0.05) is 24.2 Å². The minimum absolute atomic E-state index is 0.704. The van der Waals surface area contributed by atoms with E-state index in [-0.39, 0.29) is 0 Å². The first-order valence-corrected chi connectivity index (χ1v) is 8.95. The maximum absolute atomic E-state index is 3.70. The van der Waals surface area contributed by atoms with Crippen LogP contribution in [0.2, 0.25) is 0 Å². The van der Waals surface area contributed by atoms with Gasteiger partial charge in [-0.1, -0.05) is 31.2 Å². The molecule has 3 unspecified atom stereocenters. The fraction of sp³-hybridized carbons (Fsp3) is 0.684. The lowest BCUT2D eigenvalue weighted by molar-refractivity contribution is 0.0610. The second-order valence-corrected chi connectivity index (χ2v) is 7.17. The zero-order valence-corrected chi connectivity index (χ0v) is 13.2. The Morgan fingerprint density at radius 2 is 1.86 bits per heavy atom. The maximum atomic E-state index is 3.70. The summed E-state index contributed by atoms with van der Waals surface area (Å²) in [5.41, 5.74) is 3.25. The summed E-state index contributed by atoms with van der Waals surface area (Å²) in [7, 11) is 0. The van der Waals surface area contributed by atoms with Crippen LogP contribution in [0.15, 0.2) is 24.3 Å². The van der Waals surface area contributed by atoms with Gasteiger partial charge in [-0.25, -0.2) is 0 Å². The Hall–Kier alpha value is -0.860. The number of rotatable bonds is 3. The smallest absolute Gasteiger partial charge is 0.0356 e. The summed E-state index contributed by atoms with van der Waals surface area (Å²) in [6, 6.07) is 12.3. The van der Waals surface area contributed by atoms with Crippen LogP contribution >= 0.6 is 0 Å². The first-order valence-electron chi connectivity index (χ1n) is 8.95. The van der Waals surface area contributed by atoms with Gasteiger partial charge in [0.05, 0.1) is 0 Å². The van der Waals surface area contributed by atoms with Gasteiger partial charge in [0.15, 0.2) is 0 Å². The van der Waals surface area contributed by atoms with Crippen LogP contribution in [0.3, 0.4) is 0 Å². The fourth-order valence-corrected chi connectivity index (χ4v) is 5.22. The molecule has 2 fully saturated rings. The molecule has 1 N–H and O–H groups in total. The molecule has 2 nitrogen and oxygen atoms in total. The van der Waals surface area contributed by atoms with Crippen LogP contribution in [-0.2, 0) is 6.42 Å². The first kappa shape index (κ1) is 13.8. The fourth-order valence-electron chi connectivity index (χ4n) is 5.22. The minimum Gasteiger partial charge on any atom is -0.314 e. The van der Waals surface area contributed by atoms with E-state index in [1.165, 1.54) is 44.9 Å².